The van der Waals surface area contributed by atoms with Gasteiger partial charge >= 0.3 is 0 Å². The van der Waals surface area contributed by atoms with E-state index in [1.807, 2.05) is 22.9 Å². The maximum atomic E-state index is 11.6. The summed E-state index contributed by atoms with van der Waals surface area (Å²) in [4.78, 5) is 13.8. The largest absolute Gasteiger partial charge is 0.296 e. The van der Waals surface area contributed by atoms with Gasteiger partial charge in [-0.25, -0.2) is 0 Å². The topological polar surface area (TPSA) is 20.3 Å². The molecule has 0 aromatic carbocycles. The summed E-state index contributed by atoms with van der Waals surface area (Å²) >= 11 is 7.99. The Morgan fingerprint density at radius 3 is 2.86 bits per heavy atom. The quantitative estimate of drug-likeness (QED) is 0.557. The summed E-state index contributed by atoms with van der Waals surface area (Å²) in [5.74, 6) is -0.00815. The van der Waals surface area contributed by atoms with Crippen molar-refractivity contribution < 1.29 is 4.79 Å². The predicted molar refractivity (Wildman–Crippen MR) is 65.3 cm³/mol. The molecule has 0 aliphatic carbocycles. The zero-order valence-corrected chi connectivity index (χ0v) is 9.84. The lowest BCUT2D eigenvalue weighted by Gasteiger charge is -2.03. The fourth-order valence-electron chi connectivity index (χ4n) is 1.05. The number of hydrogen-bond acceptors (Lipinski definition) is 4. The highest BCUT2D eigenvalue weighted by Gasteiger charge is 2.28. The average Bonchev–Trinajstić information content (AvgIpc) is 2.73. The molecule has 0 unspecified atom stereocenters. The van der Waals surface area contributed by atoms with Crippen LogP contribution >= 0.6 is 35.3 Å². The SMILES string of the molecule is CN1C(=O)C(=Cc2ccsc2)SC1=S. The van der Waals surface area contributed by atoms with Gasteiger partial charge < -0.3 is 0 Å². The summed E-state index contributed by atoms with van der Waals surface area (Å²) in [5.41, 5.74) is 1.06. The number of thioether (sulfide) groups is 1. The van der Waals surface area contributed by atoms with Gasteiger partial charge in [-0.15, -0.1) is 0 Å². The smallest absolute Gasteiger partial charge is 0.265 e. The fourth-order valence-corrected chi connectivity index (χ4v) is 2.85. The van der Waals surface area contributed by atoms with Crippen molar-refractivity contribution in [2.45, 2.75) is 0 Å². The molecule has 5 heteroatoms. The molecule has 1 saturated heterocycles. The van der Waals surface area contributed by atoms with Crippen LogP contribution < -0.4 is 0 Å². The summed E-state index contributed by atoms with van der Waals surface area (Å²) < 4.78 is 0.622. The van der Waals surface area contributed by atoms with Crippen molar-refractivity contribution in [1.29, 1.82) is 0 Å². The van der Waals surface area contributed by atoms with Gasteiger partial charge in [-0.1, -0.05) is 24.0 Å². The molecule has 0 atom stereocenters. The molecule has 1 aromatic heterocycles. The average molecular weight is 241 g/mol. The molecule has 2 heterocycles. The van der Waals surface area contributed by atoms with Crippen molar-refractivity contribution >= 4 is 51.6 Å². The number of likely N-dealkylation sites (N-methyl/N-ethyl adjacent to an activating group) is 1. The minimum Gasteiger partial charge on any atom is -0.296 e. The molecule has 14 heavy (non-hydrogen) atoms. The molecule has 72 valence electrons. The Morgan fingerprint density at radius 2 is 2.36 bits per heavy atom. The molecule has 0 spiro atoms. The number of thiocarbonyl (C=S) groups is 1. The zero-order valence-electron chi connectivity index (χ0n) is 7.39. The van der Waals surface area contributed by atoms with E-state index < -0.39 is 0 Å². The Kier molecular flexibility index (Phi) is 2.71. The number of thiophene rings is 1. The van der Waals surface area contributed by atoms with E-state index in [4.69, 9.17) is 12.2 Å². The molecular formula is C9H7NOS3. The zero-order chi connectivity index (χ0) is 10.1. The van der Waals surface area contributed by atoms with Gasteiger partial charge in [0.05, 0.1) is 4.91 Å². The molecule has 0 saturated carbocycles. The van der Waals surface area contributed by atoms with E-state index in [9.17, 15) is 4.79 Å². The third kappa shape index (κ3) is 1.75. The molecular weight excluding hydrogens is 234 g/mol. The number of rotatable bonds is 1. The maximum Gasteiger partial charge on any atom is 0.265 e. The van der Waals surface area contributed by atoms with E-state index >= 15 is 0 Å². The molecule has 1 amide bonds. The summed E-state index contributed by atoms with van der Waals surface area (Å²) in [6.45, 7) is 0. The number of carbonyl (C=O) groups is 1. The summed E-state index contributed by atoms with van der Waals surface area (Å²) in [6.07, 6.45) is 1.87. The Hall–Kier alpha value is -0.650. The van der Waals surface area contributed by atoms with Crippen LogP contribution in [0.15, 0.2) is 21.7 Å². The van der Waals surface area contributed by atoms with E-state index in [1.165, 1.54) is 16.7 Å². The van der Waals surface area contributed by atoms with Crippen LogP contribution in [0.4, 0.5) is 0 Å². The first kappa shape index (κ1) is 9.89. The van der Waals surface area contributed by atoms with E-state index in [1.54, 1.807) is 18.4 Å². The molecule has 1 aliphatic heterocycles. The predicted octanol–water partition coefficient (Wildman–Crippen LogP) is 2.58. The molecule has 1 fully saturated rings. The number of amides is 1. The third-order valence-electron chi connectivity index (χ3n) is 1.83. The van der Waals surface area contributed by atoms with E-state index in [-0.39, 0.29) is 5.91 Å². The van der Waals surface area contributed by atoms with Crippen LogP contribution in [0.5, 0.6) is 0 Å². The standard InChI is InChI=1S/C9H7NOS3/c1-10-8(11)7(14-9(10)12)4-6-2-3-13-5-6/h2-5H,1H3. The van der Waals surface area contributed by atoms with Crippen LogP contribution in [0.2, 0.25) is 0 Å². The number of carbonyl (C=O) groups excluding carboxylic acids is 1. The fraction of sp³-hybridized carbons (Fsp3) is 0.111. The normalized spacial score (nSPS) is 19.8. The van der Waals surface area contributed by atoms with Crippen molar-refractivity contribution in [2.75, 3.05) is 7.05 Å². The van der Waals surface area contributed by atoms with Crippen LogP contribution in [0.3, 0.4) is 0 Å². The van der Waals surface area contributed by atoms with Crippen LogP contribution in [0, 0.1) is 0 Å². The molecule has 2 rings (SSSR count). The first-order valence-electron chi connectivity index (χ1n) is 3.92. The van der Waals surface area contributed by atoms with Crippen LogP contribution in [0.25, 0.3) is 6.08 Å². The van der Waals surface area contributed by atoms with Gasteiger partial charge in [0.1, 0.15) is 4.32 Å². The lowest BCUT2D eigenvalue weighted by molar-refractivity contribution is -0.121. The van der Waals surface area contributed by atoms with Gasteiger partial charge in [-0.05, 0) is 28.5 Å². The van der Waals surface area contributed by atoms with Crippen molar-refractivity contribution in [3.05, 3.63) is 27.3 Å². The number of nitrogens with zero attached hydrogens (tertiary/aromatic N) is 1. The van der Waals surface area contributed by atoms with Gasteiger partial charge in [-0.2, -0.15) is 11.3 Å². The van der Waals surface area contributed by atoms with Gasteiger partial charge in [0, 0.05) is 7.05 Å². The van der Waals surface area contributed by atoms with Crippen molar-refractivity contribution in [3.8, 4) is 0 Å². The van der Waals surface area contributed by atoms with Crippen molar-refractivity contribution in [3.63, 3.8) is 0 Å². The summed E-state index contributed by atoms with van der Waals surface area (Å²) in [6, 6.07) is 1.98. The van der Waals surface area contributed by atoms with Gasteiger partial charge in [0.2, 0.25) is 0 Å². The Balaban J connectivity index is 2.29. The minimum absolute atomic E-state index is 0.00815. The molecule has 2 nitrogen and oxygen atoms in total. The van der Waals surface area contributed by atoms with Gasteiger partial charge in [0.15, 0.2) is 0 Å². The van der Waals surface area contributed by atoms with Crippen molar-refractivity contribution in [1.82, 2.24) is 4.90 Å². The maximum absolute atomic E-state index is 11.6. The van der Waals surface area contributed by atoms with Crippen LogP contribution in [0.1, 0.15) is 5.56 Å². The molecule has 1 aliphatic rings. The Labute approximate surface area is 95.6 Å². The Bertz CT molecular complexity index is 408. The lowest BCUT2D eigenvalue weighted by Crippen LogP contribution is -2.22. The first-order chi connectivity index (χ1) is 6.68. The second-order valence-corrected chi connectivity index (χ2v) is 5.25. The molecule has 0 N–H and O–H groups in total. The summed E-state index contributed by atoms with van der Waals surface area (Å²) in [7, 11) is 1.70. The van der Waals surface area contributed by atoms with E-state index in [0.29, 0.717) is 9.23 Å². The molecule has 0 bridgehead atoms. The van der Waals surface area contributed by atoms with Gasteiger partial charge in [0.25, 0.3) is 5.91 Å². The second-order valence-electron chi connectivity index (χ2n) is 2.80. The molecule has 1 aromatic rings. The summed E-state index contributed by atoms with van der Waals surface area (Å²) in [5, 5.41) is 3.99. The highest BCUT2D eigenvalue weighted by atomic mass is 32.2. The Morgan fingerprint density at radius 1 is 1.57 bits per heavy atom. The highest BCUT2D eigenvalue weighted by Crippen LogP contribution is 2.31. The number of hydrogen-bond donors (Lipinski definition) is 0. The second kappa shape index (κ2) is 3.84. The van der Waals surface area contributed by atoms with E-state index in [2.05, 4.69) is 0 Å². The molecule has 0 radical (unpaired) electrons. The van der Waals surface area contributed by atoms with Gasteiger partial charge in [-0.3, -0.25) is 9.69 Å². The van der Waals surface area contributed by atoms with Crippen LogP contribution in [-0.2, 0) is 4.79 Å². The van der Waals surface area contributed by atoms with Crippen molar-refractivity contribution in [2.24, 2.45) is 0 Å². The first-order valence-corrected chi connectivity index (χ1v) is 6.09. The minimum atomic E-state index is -0.00815. The lowest BCUT2D eigenvalue weighted by atomic mass is 10.3. The van der Waals surface area contributed by atoms with E-state index in [0.717, 1.165) is 5.56 Å². The third-order valence-corrected chi connectivity index (χ3v) is 4.01. The monoisotopic (exact) mass is 241 g/mol. The highest BCUT2D eigenvalue weighted by molar-refractivity contribution is 8.26. The van der Waals surface area contributed by atoms with Crippen LogP contribution in [-0.4, -0.2) is 22.2 Å².